The highest BCUT2D eigenvalue weighted by molar-refractivity contribution is 9.10. The number of ether oxygens (including phenoxy) is 1. The fourth-order valence-electron chi connectivity index (χ4n) is 2.80. The zero-order valence-corrected chi connectivity index (χ0v) is 14.7. The molecule has 3 heteroatoms. The Morgan fingerprint density at radius 2 is 1.95 bits per heavy atom. The van der Waals surface area contributed by atoms with Gasteiger partial charge in [0.05, 0.1) is 11.4 Å². The summed E-state index contributed by atoms with van der Waals surface area (Å²) < 4.78 is 4.77. The van der Waals surface area contributed by atoms with Crippen molar-refractivity contribution in [3.63, 3.8) is 0 Å². The van der Waals surface area contributed by atoms with Gasteiger partial charge in [0.1, 0.15) is 5.75 Å². The molecule has 0 amide bonds. The number of carbonyl (C=O) groups excluding carboxylic acids is 1. The van der Waals surface area contributed by atoms with Crippen LogP contribution in [0.1, 0.15) is 39.2 Å². The summed E-state index contributed by atoms with van der Waals surface area (Å²) in [6.07, 6.45) is 3.98. The molecule has 1 saturated carbocycles. The molecule has 1 aromatic rings. The van der Waals surface area contributed by atoms with Crippen molar-refractivity contribution in [3.8, 4) is 5.75 Å². The first kappa shape index (κ1) is 16.3. The number of Topliss-reactive ketones (excluding diaryl/α,β-unsaturated/α-hetero) is 1. The Balaban J connectivity index is 2.34. The molecule has 0 heterocycles. The summed E-state index contributed by atoms with van der Waals surface area (Å²) in [5.74, 6) is 1.67. The van der Waals surface area contributed by atoms with E-state index < -0.39 is 4.32 Å². The molecule has 1 aliphatic rings. The smallest absolute Gasteiger partial charge is 0.176 e. The van der Waals surface area contributed by atoms with Gasteiger partial charge in [0.2, 0.25) is 0 Å². The van der Waals surface area contributed by atoms with Crippen molar-refractivity contribution in [2.45, 2.75) is 37.9 Å². The fraction of sp³-hybridized carbons (Fsp3) is 0.500. The van der Waals surface area contributed by atoms with E-state index in [9.17, 15) is 4.79 Å². The van der Waals surface area contributed by atoms with Crippen LogP contribution < -0.4 is 4.74 Å². The number of hydrogen-bond donors (Lipinski definition) is 0. The number of alkyl halides is 1. The first-order chi connectivity index (χ1) is 9.88. The number of methoxy groups -OCH3 is 1. The van der Waals surface area contributed by atoms with Crippen LogP contribution in [0.4, 0.5) is 0 Å². The minimum absolute atomic E-state index is 0.243. The third kappa shape index (κ3) is 3.23. The Kier molecular flexibility index (Phi) is 4.92. The lowest BCUT2D eigenvalue weighted by Gasteiger charge is -2.38. The van der Waals surface area contributed by atoms with Gasteiger partial charge in [0.15, 0.2) is 5.78 Å². The van der Waals surface area contributed by atoms with Crippen molar-refractivity contribution in [2.75, 3.05) is 7.11 Å². The van der Waals surface area contributed by atoms with Crippen LogP contribution in [0.5, 0.6) is 5.75 Å². The lowest BCUT2D eigenvalue weighted by atomic mass is 9.73. The van der Waals surface area contributed by atoms with Crippen LogP contribution >= 0.6 is 15.9 Å². The Morgan fingerprint density at radius 3 is 2.48 bits per heavy atom. The van der Waals surface area contributed by atoms with Gasteiger partial charge in [-0.05, 0) is 48.4 Å². The van der Waals surface area contributed by atoms with Crippen molar-refractivity contribution >= 4 is 27.8 Å². The number of halogens is 1. The molecule has 0 bridgehead atoms. The normalized spacial score (nSPS) is 28.2. The zero-order valence-electron chi connectivity index (χ0n) is 13.2. The Bertz CT molecular complexity index is 545. The molecule has 0 aromatic heterocycles. The van der Waals surface area contributed by atoms with Crippen LogP contribution in [0.25, 0.3) is 6.08 Å². The standard InChI is InChI=1S/C18H23BrO2/c1-12(2)18(19)10-9-13(3)16(17(18)20)11-14-5-7-15(21-4)8-6-14/h5-8,11-13H,9-10H2,1-4H3/b16-11-/t13-,18+/m1/s1. The summed E-state index contributed by atoms with van der Waals surface area (Å²) in [5, 5.41) is 0. The van der Waals surface area contributed by atoms with Crippen molar-refractivity contribution in [2.24, 2.45) is 11.8 Å². The largest absolute Gasteiger partial charge is 0.497 e. The van der Waals surface area contributed by atoms with Crippen molar-refractivity contribution in [3.05, 3.63) is 35.4 Å². The highest BCUT2D eigenvalue weighted by atomic mass is 79.9. The van der Waals surface area contributed by atoms with Crippen LogP contribution in [-0.4, -0.2) is 17.2 Å². The maximum atomic E-state index is 12.9. The van der Waals surface area contributed by atoms with E-state index in [1.807, 2.05) is 30.3 Å². The Morgan fingerprint density at radius 1 is 1.33 bits per heavy atom. The van der Waals surface area contributed by atoms with Gasteiger partial charge in [-0.3, -0.25) is 4.79 Å². The van der Waals surface area contributed by atoms with E-state index in [0.29, 0.717) is 5.92 Å². The number of ketones is 1. The Labute approximate surface area is 135 Å². The van der Waals surface area contributed by atoms with E-state index in [2.05, 4.69) is 36.7 Å². The third-order valence-corrected chi connectivity index (χ3v) is 6.14. The van der Waals surface area contributed by atoms with Crippen LogP contribution in [0.3, 0.4) is 0 Å². The predicted octanol–water partition coefficient (Wildman–Crippen LogP) is 4.87. The van der Waals surface area contributed by atoms with Gasteiger partial charge in [-0.1, -0.05) is 48.8 Å². The number of carbonyl (C=O) groups is 1. The van der Waals surface area contributed by atoms with E-state index in [-0.39, 0.29) is 11.7 Å². The van der Waals surface area contributed by atoms with Crippen LogP contribution in [-0.2, 0) is 4.79 Å². The molecule has 0 saturated heterocycles. The lowest BCUT2D eigenvalue weighted by Crippen LogP contribution is -2.43. The average molecular weight is 351 g/mol. The van der Waals surface area contributed by atoms with Gasteiger partial charge in [0, 0.05) is 5.57 Å². The first-order valence-electron chi connectivity index (χ1n) is 7.48. The predicted molar refractivity (Wildman–Crippen MR) is 90.9 cm³/mol. The summed E-state index contributed by atoms with van der Waals surface area (Å²) in [6.45, 7) is 6.35. The second kappa shape index (κ2) is 6.35. The van der Waals surface area contributed by atoms with Crippen molar-refractivity contribution in [1.82, 2.24) is 0 Å². The molecule has 2 rings (SSSR count). The summed E-state index contributed by atoms with van der Waals surface area (Å²) in [6, 6.07) is 7.83. The molecule has 0 radical (unpaired) electrons. The maximum Gasteiger partial charge on any atom is 0.176 e. The molecule has 21 heavy (non-hydrogen) atoms. The molecular formula is C18H23BrO2. The molecule has 0 N–H and O–H groups in total. The fourth-order valence-corrected chi connectivity index (χ4v) is 3.26. The summed E-state index contributed by atoms with van der Waals surface area (Å²) in [5.41, 5.74) is 1.98. The Hall–Kier alpha value is -1.09. The zero-order chi connectivity index (χ0) is 15.6. The highest BCUT2D eigenvalue weighted by Gasteiger charge is 2.44. The second-order valence-electron chi connectivity index (χ2n) is 6.16. The lowest BCUT2D eigenvalue weighted by molar-refractivity contribution is -0.120. The van der Waals surface area contributed by atoms with Crippen molar-refractivity contribution < 1.29 is 9.53 Å². The highest BCUT2D eigenvalue weighted by Crippen LogP contribution is 2.44. The molecule has 114 valence electrons. The quantitative estimate of drug-likeness (QED) is 0.574. The molecular weight excluding hydrogens is 328 g/mol. The third-order valence-electron chi connectivity index (χ3n) is 4.46. The number of rotatable bonds is 3. The molecule has 0 unspecified atom stereocenters. The molecule has 2 atom stereocenters. The molecule has 0 aliphatic heterocycles. The number of hydrogen-bond acceptors (Lipinski definition) is 2. The molecule has 1 fully saturated rings. The van der Waals surface area contributed by atoms with Gasteiger partial charge in [0.25, 0.3) is 0 Å². The van der Waals surface area contributed by atoms with Crippen LogP contribution in [0.2, 0.25) is 0 Å². The van der Waals surface area contributed by atoms with Gasteiger partial charge < -0.3 is 4.74 Å². The van der Waals surface area contributed by atoms with E-state index in [0.717, 1.165) is 29.7 Å². The molecule has 1 aromatic carbocycles. The number of allylic oxidation sites excluding steroid dienone is 1. The second-order valence-corrected chi connectivity index (χ2v) is 7.57. The van der Waals surface area contributed by atoms with Crippen LogP contribution in [0, 0.1) is 11.8 Å². The average Bonchev–Trinajstić information content (AvgIpc) is 2.48. The minimum atomic E-state index is -0.405. The van der Waals surface area contributed by atoms with Crippen LogP contribution in [0.15, 0.2) is 29.8 Å². The van der Waals surface area contributed by atoms with Gasteiger partial charge in [-0.15, -0.1) is 0 Å². The van der Waals surface area contributed by atoms with Gasteiger partial charge >= 0.3 is 0 Å². The summed E-state index contributed by atoms with van der Waals surface area (Å²) >= 11 is 3.72. The van der Waals surface area contributed by atoms with E-state index >= 15 is 0 Å². The summed E-state index contributed by atoms with van der Waals surface area (Å²) in [4.78, 5) is 12.9. The maximum absolute atomic E-state index is 12.9. The van der Waals surface area contributed by atoms with Gasteiger partial charge in [-0.25, -0.2) is 0 Å². The molecule has 1 aliphatic carbocycles. The van der Waals surface area contributed by atoms with E-state index in [1.165, 1.54) is 0 Å². The minimum Gasteiger partial charge on any atom is -0.497 e. The monoisotopic (exact) mass is 350 g/mol. The topological polar surface area (TPSA) is 26.3 Å². The first-order valence-corrected chi connectivity index (χ1v) is 8.27. The molecule has 0 spiro atoms. The number of benzene rings is 1. The SMILES string of the molecule is COc1ccc(/C=C2\C(=O)[C@@](Br)(C(C)C)CC[C@H]2C)cc1. The van der Waals surface area contributed by atoms with Crippen molar-refractivity contribution in [1.29, 1.82) is 0 Å². The van der Waals surface area contributed by atoms with E-state index in [1.54, 1.807) is 7.11 Å². The molecule has 2 nitrogen and oxygen atoms in total. The van der Waals surface area contributed by atoms with Gasteiger partial charge in [-0.2, -0.15) is 0 Å². The summed E-state index contributed by atoms with van der Waals surface area (Å²) in [7, 11) is 1.65. The van der Waals surface area contributed by atoms with E-state index in [4.69, 9.17) is 4.74 Å².